The van der Waals surface area contributed by atoms with Crippen molar-refractivity contribution in [3.05, 3.63) is 33.8 Å². The SMILES string of the molecule is CCCC(C)N(C)CCC(NCC)c1cccc(Cl)c1Cl. The van der Waals surface area contributed by atoms with Gasteiger partial charge in [-0.3, -0.25) is 0 Å². The van der Waals surface area contributed by atoms with Gasteiger partial charge in [0, 0.05) is 12.1 Å². The van der Waals surface area contributed by atoms with Gasteiger partial charge in [0.25, 0.3) is 0 Å². The lowest BCUT2D eigenvalue weighted by Gasteiger charge is -2.27. The summed E-state index contributed by atoms with van der Waals surface area (Å²) in [5.74, 6) is 0. The summed E-state index contributed by atoms with van der Waals surface area (Å²) >= 11 is 12.5. The van der Waals surface area contributed by atoms with E-state index in [1.165, 1.54) is 12.8 Å². The van der Waals surface area contributed by atoms with Crippen LogP contribution in [0, 0.1) is 0 Å². The van der Waals surface area contributed by atoms with Gasteiger partial charge in [-0.15, -0.1) is 0 Å². The van der Waals surface area contributed by atoms with Crippen LogP contribution in [0.4, 0.5) is 0 Å². The third-order valence-electron chi connectivity index (χ3n) is 4.04. The molecule has 0 aliphatic carbocycles. The van der Waals surface area contributed by atoms with E-state index in [9.17, 15) is 0 Å². The van der Waals surface area contributed by atoms with Crippen molar-refractivity contribution in [2.45, 2.75) is 52.1 Å². The Labute approximate surface area is 139 Å². The fraction of sp³-hybridized carbons (Fsp3) is 0.647. The van der Waals surface area contributed by atoms with E-state index in [1.807, 2.05) is 12.1 Å². The Morgan fingerprint density at radius 3 is 2.52 bits per heavy atom. The molecule has 0 saturated carbocycles. The number of hydrogen-bond donors (Lipinski definition) is 1. The molecule has 1 N–H and O–H groups in total. The van der Waals surface area contributed by atoms with Gasteiger partial charge in [0.05, 0.1) is 10.0 Å². The number of halogens is 2. The zero-order valence-corrected chi connectivity index (χ0v) is 15.1. The summed E-state index contributed by atoms with van der Waals surface area (Å²) in [6.07, 6.45) is 3.49. The third-order valence-corrected chi connectivity index (χ3v) is 4.87. The minimum Gasteiger partial charge on any atom is -0.310 e. The fourth-order valence-electron chi connectivity index (χ4n) is 2.59. The van der Waals surface area contributed by atoms with E-state index in [0.29, 0.717) is 16.1 Å². The zero-order valence-electron chi connectivity index (χ0n) is 13.6. The Balaban J connectivity index is 2.72. The summed E-state index contributed by atoms with van der Waals surface area (Å²) in [6.45, 7) is 8.61. The Kier molecular flexibility index (Phi) is 8.65. The molecule has 0 aliphatic heterocycles. The second kappa shape index (κ2) is 9.68. The highest BCUT2D eigenvalue weighted by molar-refractivity contribution is 6.42. The largest absolute Gasteiger partial charge is 0.310 e. The molecule has 0 spiro atoms. The van der Waals surface area contributed by atoms with Gasteiger partial charge in [-0.2, -0.15) is 0 Å². The van der Waals surface area contributed by atoms with E-state index >= 15 is 0 Å². The lowest BCUT2D eigenvalue weighted by Crippen LogP contribution is -2.33. The first kappa shape index (κ1) is 18.8. The van der Waals surface area contributed by atoms with Crippen LogP contribution in [0.25, 0.3) is 0 Å². The van der Waals surface area contributed by atoms with Crippen molar-refractivity contribution >= 4 is 23.2 Å². The van der Waals surface area contributed by atoms with Gasteiger partial charge in [0.2, 0.25) is 0 Å². The minimum absolute atomic E-state index is 0.248. The van der Waals surface area contributed by atoms with Crippen molar-refractivity contribution in [2.75, 3.05) is 20.1 Å². The molecule has 0 heterocycles. The van der Waals surface area contributed by atoms with Crippen LogP contribution in [0.1, 0.15) is 51.6 Å². The van der Waals surface area contributed by atoms with Crippen molar-refractivity contribution in [3.8, 4) is 0 Å². The van der Waals surface area contributed by atoms with Crippen LogP contribution >= 0.6 is 23.2 Å². The molecule has 0 radical (unpaired) electrons. The van der Waals surface area contributed by atoms with E-state index in [1.54, 1.807) is 0 Å². The zero-order chi connectivity index (χ0) is 15.8. The van der Waals surface area contributed by atoms with Gasteiger partial charge in [-0.1, -0.05) is 55.6 Å². The Morgan fingerprint density at radius 2 is 1.90 bits per heavy atom. The third kappa shape index (κ3) is 5.78. The Hall–Kier alpha value is -0.280. The standard InChI is InChI=1S/C17H28Cl2N2/c1-5-8-13(3)21(4)12-11-16(20-6-2)14-9-7-10-15(18)17(14)19/h7,9-10,13,16,20H,5-6,8,11-12H2,1-4H3. The number of hydrogen-bond acceptors (Lipinski definition) is 2. The first-order valence-electron chi connectivity index (χ1n) is 7.88. The van der Waals surface area contributed by atoms with Crippen LogP contribution < -0.4 is 5.32 Å². The Bertz CT molecular complexity index is 423. The first-order chi connectivity index (χ1) is 10.0. The molecular weight excluding hydrogens is 303 g/mol. The molecule has 1 rings (SSSR count). The molecule has 0 saturated heterocycles. The second-order valence-corrected chi connectivity index (χ2v) is 6.45. The number of benzene rings is 1. The molecule has 2 unspecified atom stereocenters. The molecule has 0 amide bonds. The molecule has 120 valence electrons. The average molecular weight is 331 g/mol. The van der Waals surface area contributed by atoms with E-state index in [4.69, 9.17) is 23.2 Å². The van der Waals surface area contributed by atoms with Crippen LogP contribution in [-0.2, 0) is 0 Å². The van der Waals surface area contributed by atoms with Crippen LogP contribution in [0.3, 0.4) is 0 Å². The van der Waals surface area contributed by atoms with Crippen molar-refractivity contribution in [2.24, 2.45) is 0 Å². The fourth-order valence-corrected chi connectivity index (χ4v) is 3.03. The summed E-state index contributed by atoms with van der Waals surface area (Å²) in [4.78, 5) is 2.42. The van der Waals surface area contributed by atoms with Crippen molar-refractivity contribution in [1.82, 2.24) is 10.2 Å². The first-order valence-corrected chi connectivity index (χ1v) is 8.64. The molecule has 0 aliphatic rings. The van der Waals surface area contributed by atoms with E-state index in [-0.39, 0.29) is 6.04 Å². The minimum atomic E-state index is 0.248. The summed E-state index contributed by atoms with van der Waals surface area (Å²) < 4.78 is 0. The van der Waals surface area contributed by atoms with Crippen molar-refractivity contribution in [1.29, 1.82) is 0 Å². The van der Waals surface area contributed by atoms with Gasteiger partial charge in [0.15, 0.2) is 0 Å². The number of nitrogens with one attached hydrogen (secondary N) is 1. The van der Waals surface area contributed by atoms with E-state index in [2.05, 4.69) is 44.1 Å². The molecular formula is C17H28Cl2N2. The van der Waals surface area contributed by atoms with Crippen LogP contribution in [0.2, 0.25) is 10.0 Å². The smallest absolute Gasteiger partial charge is 0.0640 e. The molecule has 0 bridgehead atoms. The van der Waals surface area contributed by atoms with Gasteiger partial charge in [-0.05, 0) is 51.5 Å². The van der Waals surface area contributed by atoms with Crippen LogP contribution in [0.15, 0.2) is 18.2 Å². The molecule has 1 aromatic rings. The van der Waals surface area contributed by atoms with Crippen molar-refractivity contribution in [3.63, 3.8) is 0 Å². The maximum Gasteiger partial charge on any atom is 0.0640 e. The maximum absolute atomic E-state index is 6.37. The molecule has 2 atom stereocenters. The van der Waals surface area contributed by atoms with E-state index < -0.39 is 0 Å². The number of rotatable bonds is 9. The molecule has 0 fully saturated rings. The predicted octanol–water partition coefficient (Wildman–Crippen LogP) is 5.15. The summed E-state index contributed by atoms with van der Waals surface area (Å²) in [7, 11) is 2.20. The lowest BCUT2D eigenvalue weighted by atomic mass is 10.0. The number of nitrogens with zero attached hydrogens (tertiary/aromatic N) is 1. The summed E-state index contributed by atoms with van der Waals surface area (Å²) in [6, 6.07) is 6.74. The van der Waals surface area contributed by atoms with E-state index in [0.717, 1.165) is 25.1 Å². The van der Waals surface area contributed by atoms with Gasteiger partial charge < -0.3 is 10.2 Å². The molecule has 21 heavy (non-hydrogen) atoms. The molecule has 1 aromatic carbocycles. The highest BCUT2D eigenvalue weighted by atomic mass is 35.5. The predicted molar refractivity (Wildman–Crippen MR) is 94.5 cm³/mol. The Morgan fingerprint density at radius 1 is 1.19 bits per heavy atom. The highest BCUT2D eigenvalue weighted by Gasteiger charge is 2.17. The maximum atomic E-state index is 6.37. The van der Waals surface area contributed by atoms with Gasteiger partial charge >= 0.3 is 0 Å². The van der Waals surface area contributed by atoms with Crippen molar-refractivity contribution < 1.29 is 0 Å². The average Bonchev–Trinajstić information content (AvgIpc) is 2.46. The molecule has 2 nitrogen and oxygen atoms in total. The lowest BCUT2D eigenvalue weighted by molar-refractivity contribution is 0.231. The highest BCUT2D eigenvalue weighted by Crippen LogP contribution is 2.31. The molecule has 4 heteroatoms. The normalized spacial score (nSPS) is 14.4. The van der Waals surface area contributed by atoms with Crippen LogP contribution in [0.5, 0.6) is 0 Å². The van der Waals surface area contributed by atoms with Crippen LogP contribution in [-0.4, -0.2) is 31.1 Å². The van der Waals surface area contributed by atoms with Gasteiger partial charge in [0.1, 0.15) is 0 Å². The van der Waals surface area contributed by atoms with Gasteiger partial charge in [-0.25, -0.2) is 0 Å². The summed E-state index contributed by atoms with van der Waals surface area (Å²) in [5.41, 5.74) is 1.10. The monoisotopic (exact) mass is 330 g/mol. The quantitative estimate of drug-likeness (QED) is 0.673. The molecule has 0 aromatic heterocycles. The second-order valence-electron chi connectivity index (χ2n) is 5.66. The summed E-state index contributed by atoms with van der Waals surface area (Å²) in [5, 5.41) is 4.83. The topological polar surface area (TPSA) is 15.3 Å².